The number of sulfonamides is 1. The van der Waals surface area contributed by atoms with Gasteiger partial charge in [-0.25, -0.2) is 8.42 Å². The first kappa shape index (κ1) is 19.9. The average Bonchev–Trinajstić information content (AvgIpc) is 2.62. The van der Waals surface area contributed by atoms with Gasteiger partial charge in [-0.05, 0) is 11.6 Å². The molecule has 1 unspecified atom stereocenters. The molecule has 0 aliphatic carbocycles. The van der Waals surface area contributed by atoms with E-state index in [-0.39, 0.29) is 5.91 Å². The molecule has 2 rings (SSSR count). The van der Waals surface area contributed by atoms with Gasteiger partial charge in [0.2, 0.25) is 15.9 Å². The second-order valence-corrected chi connectivity index (χ2v) is 8.14. The summed E-state index contributed by atoms with van der Waals surface area (Å²) in [6, 6.07) is 15.4. The molecule has 6 nitrogen and oxygen atoms in total. The lowest BCUT2D eigenvalue weighted by molar-refractivity contribution is -0.134. The SMILES string of the molecule is COc1ccccc1CN(C)C(=O)C(c1ccccc1)N(C)S(C)(=O)=O. The Morgan fingerprint density at radius 1 is 1.04 bits per heavy atom. The molecule has 2 aromatic carbocycles. The minimum atomic E-state index is -3.55. The third-order valence-electron chi connectivity index (χ3n) is 4.21. The number of hydrogen-bond acceptors (Lipinski definition) is 4. The summed E-state index contributed by atoms with van der Waals surface area (Å²) in [5.74, 6) is 0.370. The summed E-state index contributed by atoms with van der Waals surface area (Å²) in [6.07, 6.45) is 1.09. The molecular formula is C19H24N2O4S. The fraction of sp³-hybridized carbons (Fsp3) is 0.316. The van der Waals surface area contributed by atoms with Gasteiger partial charge in [-0.15, -0.1) is 0 Å². The highest BCUT2D eigenvalue weighted by atomic mass is 32.2. The van der Waals surface area contributed by atoms with Crippen molar-refractivity contribution in [1.29, 1.82) is 0 Å². The van der Waals surface area contributed by atoms with Crippen LogP contribution in [0.15, 0.2) is 54.6 Å². The smallest absolute Gasteiger partial charge is 0.245 e. The molecule has 7 heteroatoms. The molecule has 0 aliphatic heterocycles. The minimum absolute atomic E-state index is 0.309. The maximum atomic E-state index is 13.1. The number of methoxy groups -OCH3 is 1. The summed E-state index contributed by atoms with van der Waals surface area (Å²) < 4.78 is 30.6. The number of para-hydroxylation sites is 1. The Labute approximate surface area is 155 Å². The van der Waals surface area contributed by atoms with Crippen LogP contribution in [0, 0.1) is 0 Å². The second-order valence-electron chi connectivity index (χ2n) is 6.10. The Kier molecular flexibility index (Phi) is 6.39. The van der Waals surface area contributed by atoms with E-state index in [9.17, 15) is 13.2 Å². The molecule has 26 heavy (non-hydrogen) atoms. The number of nitrogens with zero attached hydrogens (tertiary/aromatic N) is 2. The van der Waals surface area contributed by atoms with Gasteiger partial charge in [0.25, 0.3) is 0 Å². The van der Waals surface area contributed by atoms with Crippen molar-refractivity contribution in [2.24, 2.45) is 0 Å². The molecule has 1 atom stereocenters. The van der Waals surface area contributed by atoms with Crippen molar-refractivity contribution < 1.29 is 17.9 Å². The van der Waals surface area contributed by atoms with Gasteiger partial charge in [0.15, 0.2) is 0 Å². The van der Waals surface area contributed by atoms with E-state index in [0.29, 0.717) is 17.9 Å². The van der Waals surface area contributed by atoms with Gasteiger partial charge in [-0.3, -0.25) is 4.79 Å². The van der Waals surface area contributed by atoms with Crippen LogP contribution in [0.3, 0.4) is 0 Å². The first-order valence-corrected chi connectivity index (χ1v) is 9.95. The summed E-state index contributed by atoms with van der Waals surface area (Å²) in [5.41, 5.74) is 1.47. The summed E-state index contributed by atoms with van der Waals surface area (Å²) in [4.78, 5) is 14.6. The van der Waals surface area contributed by atoms with Crippen LogP contribution in [0.4, 0.5) is 0 Å². The largest absolute Gasteiger partial charge is 0.496 e. The van der Waals surface area contributed by atoms with Crippen LogP contribution in [-0.2, 0) is 21.4 Å². The minimum Gasteiger partial charge on any atom is -0.496 e. The van der Waals surface area contributed by atoms with Crippen LogP contribution in [-0.4, -0.2) is 51.0 Å². The van der Waals surface area contributed by atoms with Crippen molar-refractivity contribution in [3.63, 3.8) is 0 Å². The molecule has 0 aliphatic rings. The van der Waals surface area contributed by atoms with Crippen molar-refractivity contribution in [1.82, 2.24) is 9.21 Å². The maximum absolute atomic E-state index is 13.1. The Balaban J connectivity index is 2.34. The van der Waals surface area contributed by atoms with Crippen molar-refractivity contribution in [2.45, 2.75) is 12.6 Å². The highest BCUT2D eigenvalue weighted by Crippen LogP contribution is 2.26. The lowest BCUT2D eigenvalue weighted by Gasteiger charge is -2.30. The lowest BCUT2D eigenvalue weighted by Crippen LogP contribution is -2.41. The fourth-order valence-corrected chi connectivity index (χ4v) is 3.31. The number of rotatable bonds is 7. The molecule has 1 amide bonds. The third-order valence-corrected chi connectivity index (χ3v) is 5.47. The molecule has 0 fully saturated rings. The van der Waals surface area contributed by atoms with E-state index in [1.807, 2.05) is 30.3 Å². The molecule has 0 bridgehead atoms. The van der Waals surface area contributed by atoms with E-state index in [1.54, 1.807) is 38.4 Å². The van der Waals surface area contributed by atoms with E-state index in [4.69, 9.17) is 4.74 Å². The predicted molar refractivity (Wildman–Crippen MR) is 101 cm³/mol. The standard InChI is InChI=1S/C19H24N2O4S/c1-20(14-16-12-8-9-13-17(16)25-3)19(22)18(21(2)26(4,23)24)15-10-6-5-7-11-15/h5-13,18H,14H2,1-4H3. The van der Waals surface area contributed by atoms with Crippen molar-refractivity contribution in [3.05, 3.63) is 65.7 Å². The summed E-state index contributed by atoms with van der Waals surface area (Å²) in [7, 11) is 1.09. The monoisotopic (exact) mass is 376 g/mol. The zero-order valence-corrected chi connectivity index (χ0v) is 16.2. The van der Waals surface area contributed by atoms with Crippen molar-refractivity contribution >= 4 is 15.9 Å². The number of likely N-dealkylation sites (N-methyl/N-ethyl adjacent to an activating group) is 2. The molecule has 0 radical (unpaired) electrons. The van der Waals surface area contributed by atoms with Crippen LogP contribution < -0.4 is 4.74 Å². The lowest BCUT2D eigenvalue weighted by atomic mass is 10.1. The molecule has 140 valence electrons. The van der Waals surface area contributed by atoms with Crippen molar-refractivity contribution in [2.75, 3.05) is 27.5 Å². The molecule has 0 saturated heterocycles. The number of amides is 1. The van der Waals surface area contributed by atoms with Gasteiger partial charge >= 0.3 is 0 Å². The topological polar surface area (TPSA) is 66.9 Å². The van der Waals surface area contributed by atoms with E-state index >= 15 is 0 Å². The average molecular weight is 376 g/mol. The van der Waals surface area contributed by atoms with E-state index in [1.165, 1.54) is 11.9 Å². The van der Waals surface area contributed by atoms with Crippen LogP contribution >= 0.6 is 0 Å². The molecule has 0 heterocycles. The van der Waals surface area contributed by atoms with Gasteiger partial charge in [0.1, 0.15) is 11.8 Å². The number of benzene rings is 2. The van der Waals surface area contributed by atoms with E-state index in [0.717, 1.165) is 16.1 Å². The van der Waals surface area contributed by atoms with E-state index in [2.05, 4.69) is 0 Å². The van der Waals surface area contributed by atoms with Gasteiger partial charge < -0.3 is 9.64 Å². The quantitative estimate of drug-likeness (QED) is 0.744. The highest BCUT2D eigenvalue weighted by molar-refractivity contribution is 7.88. The molecule has 2 aromatic rings. The van der Waals surface area contributed by atoms with Crippen LogP contribution in [0.1, 0.15) is 17.2 Å². The van der Waals surface area contributed by atoms with Crippen LogP contribution in [0.5, 0.6) is 5.75 Å². The molecule has 0 saturated carbocycles. The zero-order valence-electron chi connectivity index (χ0n) is 15.4. The van der Waals surface area contributed by atoms with Crippen LogP contribution in [0.25, 0.3) is 0 Å². The van der Waals surface area contributed by atoms with Gasteiger partial charge in [-0.2, -0.15) is 4.31 Å². The summed E-state index contributed by atoms with van der Waals surface area (Å²) in [5, 5.41) is 0. The fourth-order valence-electron chi connectivity index (χ4n) is 2.71. The van der Waals surface area contributed by atoms with Crippen molar-refractivity contribution in [3.8, 4) is 5.75 Å². The second kappa shape index (κ2) is 8.33. The summed E-state index contributed by atoms with van der Waals surface area (Å²) in [6.45, 7) is 0.309. The normalized spacial score (nSPS) is 12.7. The summed E-state index contributed by atoms with van der Waals surface area (Å²) >= 11 is 0. The van der Waals surface area contributed by atoms with Gasteiger partial charge in [-0.1, -0.05) is 48.5 Å². The Morgan fingerprint density at radius 3 is 2.19 bits per heavy atom. The maximum Gasteiger partial charge on any atom is 0.245 e. The van der Waals surface area contributed by atoms with Gasteiger partial charge in [0.05, 0.1) is 13.4 Å². The first-order chi connectivity index (χ1) is 12.3. The number of ether oxygens (including phenoxy) is 1. The van der Waals surface area contributed by atoms with Crippen LogP contribution in [0.2, 0.25) is 0 Å². The highest BCUT2D eigenvalue weighted by Gasteiger charge is 2.32. The first-order valence-electron chi connectivity index (χ1n) is 8.10. The zero-order chi connectivity index (χ0) is 19.3. The Morgan fingerprint density at radius 2 is 1.62 bits per heavy atom. The number of carbonyl (C=O) groups excluding carboxylic acids is 1. The number of hydrogen-bond donors (Lipinski definition) is 0. The number of carbonyl (C=O) groups is 1. The van der Waals surface area contributed by atoms with E-state index < -0.39 is 16.1 Å². The Hall–Kier alpha value is -2.38. The molecule has 0 spiro atoms. The van der Waals surface area contributed by atoms with Gasteiger partial charge in [0, 0.05) is 26.2 Å². The predicted octanol–water partition coefficient (Wildman–Crippen LogP) is 2.29. The molecule has 0 aromatic heterocycles. The molecular weight excluding hydrogens is 352 g/mol. The third kappa shape index (κ3) is 4.62. The Bertz CT molecular complexity index is 853. The molecule has 0 N–H and O–H groups in total.